The van der Waals surface area contributed by atoms with E-state index < -0.39 is 11.6 Å². The molecule has 0 radical (unpaired) electrons. The van der Waals surface area contributed by atoms with Crippen molar-refractivity contribution in [1.29, 1.82) is 0 Å². The van der Waals surface area contributed by atoms with E-state index in [0.717, 1.165) is 30.8 Å². The third kappa shape index (κ3) is 1.82. The van der Waals surface area contributed by atoms with E-state index in [0.29, 0.717) is 0 Å². The topological polar surface area (TPSA) is 17.8 Å². The van der Waals surface area contributed by atoms with Crippen LogP contribution in [0.15, 0.2) is 24.4 Å². The fourth-order valence-electron chi connectivity index (χ4n) is 2.64. The number of rotatable bonds is 1. The maximum atomic E-state index is 13.3. The van der Waals surface area contributed by atoms with Crippen molar-refractivity contribution in [3.05, 3.63) is 53.1 Å². The van der Waals surface area contributed by atoms with Crippen LogP contribution in [-0.2, 0) is 13.0 Å². The average Bonchev–Trinajstić information content (AvgIpc) is 2.74. The van der Waals surface area contributed by atoms with Gasteiger partial charge in [-0.1, -0.05) is 6.07 Å². The molecule has 1 aliphatic heterocycles. The lowest BCUT2D eigenvalue weighted by Gasteiger charge is -2.25. The molecule has 0 amide bonds. The molecule has 0 fully saturated rings. The van der Waals surface area contributed by atoms with Gasteiger partial charge in [0.2, 0.25) is 0 Å². The predicted octanol–water partition coefficient (Wildman–Crippen LogP) is 3.20. The van der Waals surface area contributed by atoms with Crippen LogP contribution in [0.5, 0.6) is 0 Å². The maximum absolute atomic E-state index is 13.3. The Labute approximate surface area is 104 Å². The third-order valence-electron chi connectivity index (χ3n) is 3.70. The summed E-state index contributed by atoms with van der Waals surface area (Å²) >= 11 is 0. The predicted molar refractivity (Wildman–Crippen MR) is 64.4 cm³/mol. The molecule has 2 heterocycles. The first-order valence-electron chi connectivity index (χ1n) is 6.11. The Bertz CT molecular complexity index is 589. The van der Waals surface area contributed by atoms with Crippen molar-refractivity contribution in [3.63, 3.8) is 0 Å². The molecule has 1 aromatic carbocycles. The summed E-state index contributed by atoms with van der Waals surface area (Å²) in [6.45, 7) is 2.77. The van der Waals surface area contributed by atoms with Crippen molar-refractivity contribution in [1.82, 2.24) is 9.55 Å². The van der Waals surface area contributed by atoms with Crippen molar-refractivity contribution in [2.24, 2.45) is 0 Å². The summed E-state index contributed by atoms with van der Waals surface area (Å²) in [6, 6.07) is 4.21. The van der Waals surface area contributed by atoms with E-state index in [9.17, 15) is 8.78 Å². The van der Waals surface area contributed by atoms with Crippen LogP contribution in [0.3, 0.4) is 0 Å². The van der Waals surface area contributed by atoms with Crippen LogP contribution in [-0.4, -0.2) is 9.55 Å². The molecule has 3 rings (SSSR count). The van der Waals surface area contributed by atoms with Crippen LogP contribution < -0.4 is 0 Å². The minimum atomic E-state index is -0.783. The van der Waals surface area contributed by atoms with E-state index in [1.54, 1.807) is 6.07 Å². The van der Waals surface area contributed by atoms with Gasteiger partial charge in [-0.25, -0.2) is 13.8 Å². The standard InChI is InChI=1S/C14H14F2N2/c1-9-17-7-12-4-2-11(8-18(9)12)10-3-5-13(15)14(16)6-10/h3,5-7,11H,2,4,8H2,1H3. The SMILES string of the molecule is Cc1ncc2n1CC(c1ccc(F)c(F)c1)CC2. The van der Waals surface area contributed by atoms with E-state index in [1.165, 1.54) is 17.8 Å². The number of benzene rings is 1. The second-order valence-electron chi connectivity index (χ2n) is 4.82. The molecular formula is C14H14F2N2. The lowest BCUT2D eigenvalue weighted by Crippen LogP contribution is -2.19. The number of aromatic nitrogens is 2. The molecule has 1 atom stereocenters. The van der Waals surface area contributed by atoms with Crippen LogP contribution in [0.4, 0.5) is 8.78 Å². The van der Waals surface area contributed by atoms with Gasteiger partial charge in [0.05, 0.1) is 0 Å². The molecule has 0 saturated heterocycles. The van der Waals surface area contributed by atoms with E-state index in [2.05, 4.69) is 9.55 Å². The van der Waals surface area contributed by atoms with Gasteiger partial charge in [-0.15, -0.1) is 0 Å². The number of imidazole rings is 1. The zero-order valence-corrected chi connectivity index (χ0v) is 10.2. The van der Waals surface area contributed by atoms with Crippen LogP contribution in [0.2, 0.25) is 0 Å². The lowest BCUT2D eigenvalue weighted by atomic mass is 9.90. The van der Waals surface area contributed by atoms with Crippen LogP contribution in [0, 0.1) is 18.6 Å². The minimum Gasteiger partial charge on any atom is -0.332 e. The summed E-state index contributed by atoms with van der Waals surface area (Å²) in [5.74, 6) is -0.326. The number of aryl methyl sites for hydroxylation is 2. The highest BCUT2D eigenvalue weighted by atomic mass is 19.2. The maximum Gasteiger partial charge on any atom is 0.159 e. The molecule has 1 aromatic heterocycles. The Morgan fingerprint density at radius 2 is 2.11 bits per heavy atom. The number of fused-ring (bicyclic) bond motifs is 1. The largest absolute Gasteiger partial charge is 0.332 e. The number of hydrogen-bond acceptors (Lipinski definition) is 1. The highest BCUT2D eigenvalue weighted by molar-refractivity contribution is 5.24. The summed E-state index contributed by atoms with van der Waals surface area (Å²) in [5.41, 5.74) is 2.10. The van der Waals surface area contributed by atoms with Gasteiger partial charge in [0.15, 0.2) is 11.6 Å². The van der Waals surface area contributed by atoms with Gasteiger partial charge in [-0.3, -0.25) is 0 Å². The molecule has 2 nitrogen and oxygen atoms in total. The highest BCUT2D eigenvalue weighted by Gasteiger charge is 2.22. The van der Waals surface area contributed by atoms with Gasteiger partial charge in [0.25, 0.3) is 0 Å². The Hall–Kier alpha value is -1.71. The first-order valence-corrected chi connectivity index (χ1v) is 6.11. The Balaban J connectivity index is 1.91. The van der Waals surface area contributed by atoms with Crippen molar-refractivity contribution in [2.75, 3.05) is 0 Å². The van der Waals surface area contributed by atoms with Gasteiger partial charge in [0, 0.05) is 24.4 Å². The second kappa shape index (κ2) is 4.19. The van der Waals surface area contributed by atoms with Gasteiger partial charge in [0.1, 0.15) is 5.82 Å². The first-order chi connectivity index (χ1) is 8.65. The Morgan fingerprint density at radius 3 is 2.89 bits per heavy atom. The molecule has 0 saturated carbocycles. The summed E-state index contributed by atoms with van der Waals surface area (Å²) in [5, 5.41) is 0. The number of nitrogens with zero attached hydrogens (tertiary/aromatic N) is 2. The fourth-order valence-corrected chi connectivity index (χ4v) is 2.64. The van der Waals surface area contributed by atoms with E-state index in [-0.39, 0.29) is 5.92 Å². The number of halogens is 2. The Kier molecular flexibility index (Phi) is 2.65. The molecule has 18 heavy (non-hydrogen) atoms. The van der Waals surface area contributed by atoms with E-state index >= 15 is 0 Å². The van der Waals surface area contributed by atoms with E-state index in [4.69, 9.17) is 0 Å². The zero-order chi connectivity index (χ0) is 12.7. The van der Waals surface area contributed by atoms with Crippen molar-refractivity contribution in [2.45, 2.75) is 32.2 Å². The van der Waals surface area contributed by atoms with Crippen molar-refractivity contribution < 1.29 is 8.78 Å². The molecule has 4 heteroatoms. The molecular weight excluding hydrogens is 234 g/mol. The fraction of sp³-hybridized carbons (Fsp3) is 0.357. The van der Waals surface area contributed by atoms with Gasteiger partial charge < -0.3 is 4.57 Å². The summed E-state index contributed by atoms with van der Waals surface area (Å²) in [4.78, 5) is 4.29. The average molecular weight is 248 g/mol. The summed E-state index contributed by atoms with van der Waals surface area (Å²) in [7, 11) is 0. The molecule has 0 spiro atoms. The van der Waals surface area contributed by atoms with E-state index in [1.807, 2.05) is 13.1 Å². The molecule has 0 bridgehead atoms. The normalized spacial score (nSPS) is 18.7. The third-order valence-corrected chi connectivity index (χ3v) is 3.70. The zero-order valence-electron chi connectivity index (χ0n) is 10.2. The smallest absolute Gasteiger partial charge is 0.159 e. The van der Waals surface area contributed by atoms with Crippen molar-refractivity contribution >= 4 is 0 Å². The minimum absolute atomic E-state index is 0.237. The quantitative estimate of drug-likeness (QED) is 0.757. The molecule has 2 aromatic rings. The van der Waals surface area contributed by atoms with Crippen LogP contribution in [0.1, 0.15) is 29.4 Å². The summed E-state index contributed by atoms with van der Waals surface area (Å²) in [6.07, 6.45) is 3.79. The second-order valence-corrected chi connectivity index (χ2v) is 4.82. The molecule has 94 valence electrons. The first kappa shape index (κ1) is 11.4. The van der Waals surface area contributed by atoms with Crippen LogP contribution in [0.25, 0.3) is 0 Å². The van der Waals surface area contributed by atoms with Crippen LogP contribution >= 0.6 is 0 Å². The molecule has 0 N–H and O–H groups in total. The monoisotopic (exact) mass is 248 g/mol. The molecule has 0 aliphatic carbocycles. The number of hydrogen-bond donors (Lipinski definition) is 0. The van der Waals surface area contributed by atoms with Gasteiger partial charge in [-0.05, 0) is 37.5 Å². The summed E-state index contributed by atoms with van der Waals surface area (Å²) < 4.78 is 28.3. The highest BCUT2D eigenvalue weighted by Crippen LogP contribution is 2.30. The van der Waals surface area contributed by atoms with Crippen molar-refractivity contribution in [3.8, 4) is 0 Å². The molecule has 1 aliphatic rings. The Morgan fingerprint density at radius 1 is 1.28 bits per heavy atom. The lowest BCUT2D eigenvalue weighted by molar-refractivity contribution is 0.450. The van der Waals surface area contributed by atoms with Gasteiger partial charge in [-0.2, -0.15) is 0 Å². The van der Waals surface area contributed by atoms with Gasteiger partial charge >= 0.3 is 0 Å². The molecule has 1 unspecified atom stereocenters.